The zero-order chi connectivity index (χ0) is 15.7. The van der Waals surface area contributed by atoms with Gasteiger partial charge in [0.25, 0.3) is 5.56 Å². The van der Waals surface area contributed by atoms with Crippen LogP contribution in [0.1, 0.15) is 5.56 Å². The Kier molecular flexibility index (Phi) is 3.85. The summed E-state index contributed by atoms with van der Waals surface area (Å²) in [4.78, 5) is 21.4. The summed E-state index contributed by atoms with van der Waals surface area (Å²) >= 11 is 1.46. The summed E-state index contributed by atoms with van der Waals surface area (Å²) in [6.07, 6.45) is 3.70. The molecule has 2 aromatic heterocycles. The summed E-state index contributed by atoms with van der Waals surface area (Å²) in [7, 11) is 1.85. The largest absolute Gasteiger partial charge is 0.388 e. The zero-order valence-corrected chi connectivity index (χ0v) is 13.4. The Labute approximate surface area is 132 Å². The Bertz CT molecular complexity index is 904. The van der Waals surface area contributed by atoms with E-state index in [9.17, 15) is 4.79 Å². The number of anilines is 1. The molecule has 0 bridgehead atoms. The molecule has 0 fully saturated rings. The van der Waals surface area contributed by atoms with Crippen molar-refractivity contribution in [2.75, 3.05) is 18.6 Å². The molecule has 5 nitrogen and oxygen atoms in total. The monoisotopic (exact) mass is 312 g/mol. The van der Waals surface area contributed by atoms with Gasteiger partial charge in [-0.25, -0.2) is 9.97 Å². The quantitative estimate of drug-likeness (QED) is 0.595. The first kappa shape index (κ1) is 14.6. The van der Waals surface area contributed by atoms with Crippen molar-refractivity contribution in [1.82, 2.24) is 14.5 Å². The normalized spacial score (nSPS) is 10.9. The number of hydrogen-bond donors (Lipinski definition) is 1. The molecule has 0 amide bonds. The highest BCUT2D eigenvalue weighted by atomic mass is 32.2. The summed E-state index contributed by atoms with van der Waals surface area (Å²) in [5, 5.41) is 4.62. The number of aryl methyl sites for hydroxylation is 1. The van der Waals surface area contributed by atoms with Crippen molar-refractivity contribution in [3.8, 4) is 5.69 Å². The molecule has 1 aromatic carbocycles. The van der Waals surface area contributed by atoms with Gasteiger partial charge in [0.15, 0.2) is 10.8 Å². The van der Waals surface area contributed by atoms with Crippen LogP contribution in [0.15, 0.2) is 46.5 Å². The molecule has 3 rings (SSSR count). The van der Waals surface area contributed by atoms with Crippen LogP contribution in [0.4, 0.5) is 5.69 Å². The average molecular weight is 312 g/mol. The van der Waals surface area contributed by atoms with Crippen molar-refractivity contribution in [3.05, 3.63) is 52.4 Å². The maximum absolute atomic E-state index is 12.5. The van der Waals surface area contributed by atoms with E-state index in [1.807, 2.05) is 44.5 Å². The Morgan fingerprint density at radius 1 is 1.27 bits per heavy atom. The molecule has 1 N–H and O–H groups in total. The maximum Gasteiger partial charge on any atom is 0.257 e. The van der Waals surface area contributed by atoms with Gasteiger partial charge in [0.2, 0.25) is 0 Å². The predicted octanol–water partition coefficient (Wildman–Crippen LogP) is 2.85. The number of fused-ring (bicyclic) bond motifs is 1. The van der Waals surface area contributed by atoms with Crippen LogP contribution in [-0.4, -0.2) is 27.8 Å². The fourth-order valence-electron chi connectivity index (χ4n) is 2.39. The van der Waals surface area contributed by atoms with Gasteiger partial charge >= 0.3 is 0 Å². The second kappa shape index (κ2) is 5.81. The number of nitrogens with zero attached hydrogens (tertiary/aromatic N) is 3. The van der Waals surface area contributed by atoms with E-state index >= 15 is 0 Å². The van der Waals surface area contributed by atoms with Gasteiger partial charge in [0.1, 0.15) is 0 Å². The lowest BCUT2D eigenvalue weighted by Gasteiger charge is -2.12. The summed E-state index contributed by atoms with van der Waals surface area (Å²) in [5.41, 5.74) is 3.15. The van der Waals surface area contributed by atoms with Crippen LogP contribution < -0.4 is 10.9 Å². The molecule has 6 heteroatoms. The van der Waals surface area contributed by atoms with Gasteiger partial charge in [0, 0.05) is 30.4 Å². The molecule has 0 saturated heterocycles. The van der Waals surface area contributed by atoms with Crippen LogP contribution in [0.5, 0.6) is 0 Å². The molecular weight excluding hydrogens is 296 g/mol. The highest BCUT2D eigenvalue weighted by molar-refractivity contribution is 7.98. The number of aromatic nitrogens is 3. The topological polar surface area (TPSA) is 59.8 Å². The van der Waals surface area contributed by atoms with E-state index < -0.39 is 0 Å². The average Bonchev–Trinajstić information content (AvgIpc) is 2.54. The Morgan fingerprint density at radius 3 is 2.82 bits per heavy atom. The maximum atomic E-state index is 12.5. The first-order valence-corrected chi connectivity index (χ1v) is 8.08. The molecule has 3 aromatic rings. The van der Waals surface area contributed by atoms with Crippen molar-refractivity contribution in [2.45, 2.75) is 12.1 Å². The minimum atomic E-state index is -0.0935. The van der Waals surface area contributed by atoms with Gasteiger partial charge < -0.3 is 5.32 Å². The number of thioether (sulfide) groups is 1. The molecule has 0 aliphatic rings. The second-order valence-electron chi connectivity index (χ2n) is 4.90. The van der Waals surface area contributed by atoms with Crippen LogP contribution in [0.25, 0.3) is 16.7 Å². The third kappa shape index (κ3) is 2.46. The van der Waals surface area contributed by atoms with Crippen LogP contribution >= 0.6 is 11.8 Å². The Morgan fingerprint density at radius 2 is 2.09 bits per heavy atom. The minimum absolute atomic E-state index is 0.0935. The molecule has 0 unspecified atom stereocenters. The smallest absolute Gasteiger partial charge is 0.257 e. The zero-order valence-electron chi connectivity index (χ0n) is 12.6. The van der Waals surface area contributed by atoms with E-state index in [0.29, 0.717) is 10.8 Å². The van der Waals surface area contributed by atoms with E-state index in [2.05, 4.69) is 15.3 Å². The van der Waals surface area contributed by atoms with Gasteiger partial charge in [0.05, 0.1) is 5.69 Å². The summed E-state index contributed by atoms with van der Waals surface area (Å²) in [6, 6.07) is 9.31. The summed E-state index contributed by atoms with van der Waals surface area (Å²) in [6.45, 7) is 1.90. The van der Waals surface area contributed by atoms with Crippen molar-refractivity contribution in [3.63, 3.8) is 0 Å². The van der Waals surface area contributed by atoms with Gasteiger partial charge in [-0.3, -0.25) is 9.36 Å². The van der Waals surface area contributed by atoms with E-state index in [1.165, 1.54) is 11.8 Å². The number of pyridine rings is 1. The lowest BCUT2D eigenvalue weighted by atomic mass is 10.2. The second-order valence-corrected chi connectivity index (χ2v) is 5.67. The third-order valence-electron chi connectivity index (χ3n) is 3.52. The van der Waals surface area contributed by atoms with Crippen LogP contribution in [0.3, 0.4) is 0 Å². The first-order valence-electron chi connectivity index (χ1n) is 6.85. The lowest BCUT2D eigenvalue weighted by molar-refractivity contribution is 0.934. The number of rotatable bonds is 3. The van der Waals surface area contributed by atoms with E-state index in [0.717, 1.165) is 22.3 Å². The van der Waals surface area contributed by atoms with Crippen molar-refractivity contribution in [1.29, 1.82) is 0 Å². The number of hydrogen-bond acceptors (Lipinski definition) is 5. The molecule has 2 heterocycles. The van der Waals surface area contributed by atoms with E-state index in [4.69, 9.17) is 0 Å². The highest BCUT2D eigenvalue weighted by Crippen LogP contribution is 2.21. The lowest BCUT2D eigenvalue weighted by Crippen LogP contribution is -2.19. The number of nitrogens with one attached hydrogen (secondary N) is 1. The van der Waals surface area contributed by atoms with Crippen molar-refractivity contribution >= 4 is 28.5 Å². The molecule has 0 atom stereocenters. The van der Waals surface area contributed by atoms with Crippen LogP contribution in [0, 0.1) is 6.92 Å². The van der Waals surface area contributed by atoms with Crippen molar-refractivity contribution < 1.29 is 0 Å². The van der Waals surface area contributed by atoms with Gasteiger partial charge in [-0.2, -0.15) is 0 Å². The summed E-state index contributed by atoms with van der Waals surface area (Å²) in [5.74, 6) is 0. The molecule has 0 aliphatic heterocycles. The minimum Gasteiger partial charge on any atom is -0.388 e. The van der Waals surface area contributed by atoms with E-state index in [1.54, 1.807) is 16.8 Å². The molecular formula is C16H16N4OS. The van der Waals surface area contributed by atoms with Crippen LogP contribution in [0.2, 0.25) is 0 Å². The fourth-order valence-corrected chi connectivity index (χ4v) is 2.72. The van der Waals surface area contributed by atoms with Gasteiger partial charge in [-0.15, -0.1) is 0 Å². The number of benzene rings is 1. The molecule has 0 aliphatic carbocycles. The van der Waals surface area contributed by atoms with E-state index in [-0.39, 0.29) is 5.56 Å². The predicted molar refractivity (Wildman–Crippen MR) is 91.2 cm³/mol. The molecule has 112 valence electrons. The molecule has 0 radical (unpaired) electrons. The van der Waals surface area contributed by atoms with Crippen LogP contribution in [-0.2, 0) is 0 Å². The van der Waals surface area contributed by atoms with Gasteiger partial charge in [-0.1, -0.05) is 17.8 Å². The van der Waals surface area contributed by atoms with Crippen molar-refractivity contribution in [2.24, 2.45) is 0 Å². The summed E-state index contributed by atoms with van der Waals surface area (Å²) < 4.78 is 1.63. The highest BCUT2D eigenvalue weighted by Gasteiger charge is 2.11. The fraction of sp³-hybridized carbons (Fsp3) is 0.188. The standard InChI is InChI=1S/C16H16N4OS/c1-10-7-14(21)20(12-6-4-5-11(8-12)17-2)15-13(10)9-18-16(19-15)22-3/h4-9,17H,1-3H3. The molecule has 0 saturated carbocycles. The Hall–Kier alpha value is -2.34. The first-order chi connectivity index (χ1) is 10.6. The molecule has 22 heavy (non-hydrogen) atoms. The molecule has 0 spiro atoms. The SMILES string of the molecule is CNc1cccc(-n2c(=O)cc(C)c3cnc(SC)nc32)c1. The third-order valence-corrected chi connectivity index (χ3v) is 4.08. The Balaban J connectivity index is 2.38. The van der Waals surface area contributed by atoms with Gasteiger partial charge in [-0.05, 0) is 36.9 Å².